The molecular weight excluding hydrogens is 186 g/mol. The van der Waals surface area contributed by atoms with Crippen LogP contribution in [0.1, 0.15) is 45.7 Å². The van der Waals surface area contributed by atoms with Crippen molar-refractivity contribution in [1.82, 2.24) is 9.97 Å². The van der Waals surface area contributed by atoms with Crippen LogP contribution in [0.2, 0.25) is 0 Å². The van der Waals surface area contributed by atoms with Crippen molar-refractivity contribution < 1.29 is 0 Å². The fourth-order valence-electron chi connectivity index (χ4n) is 1.37. The largest absolute Gasteiger partial charge is 0.324 e. The van der Waals surface area contributed by atoms with E-state index in [9.17, 15) is 0 Å². The zero-order valence-corrected chi connectivity index (χ0v) is 10.1. The molecule has 15 heavy (non-hydrogen) atoms. The summed E-state index contributed by atoms with van der Waals surface area (Å²) >= 11 is 0. The fourth-order valence-corrected chi connectivity index (χ4v) is 1.37. The predicted molar refractivity (Wildman–Crippen MR) is 62.2 cm³/mol. The van der Waals surface area contributed by atoms with Crippen molar-refractivity contribution in [1.29, 1.82) is 0 Å². The third-order valence-electron chi connectivity index (χ3n) is 3.09. The number of nitrogens with two attached hydrogens (primary N) is 1. The molecule has 84 valence electrons. The van der Waals surface area contributed by atoms with E-state index in [0.717, 1.165) is 12.0 Å². The van der Waals surface area contributed by atoms with E-state index >= 15 is 0 Å². The molecule has 0 bridgehead atoms. The SMILES string of the molecule is CC(CC(N)c1cncnc1)C(C)(C)C. The molecule has 1 heterocycles. The van der Waals surface area contributed by atoms with Gasteiger partial charge in [0.25, 0.3) is 0 Å². The van der Waals surface area contributed by atoms with E-state index in [-0.39, 0.29) is 6.04 Å². The van der Waals surface area contributed by atoms with Gasteiger partial charge in [-0.2, -0.15) is 0 Å². The fraction of sp³-hybridized carbons (Fsp3) is 0.667. The van der Waals surface area contributed by atoms with Gasteiger partial charge in [-0.1, -0.05) is 27.7 Å². The molecule has 0 spiro atoms. The average Bonchev–Trinajstić information content (AvgIpc) is 2.17. The van der Waals surface area contributed by atoms with Crippen LogP contribution >= 0.6 is 0 Å². The molecule has 1 aromatic heterocycles. The summed E-state index contributed by atoms with van der Waals surface area (Å²) in [6.45, 7) is 8.97. The van der Waals surface area contributed by atoms with E-state index in [2.05, 4.69) is 37.7 Å². The zero-order valence-electron chi connectivity index (χ0n) is 10.1. The van der Waals surface area contributed by atoms with E-state index in [0.29, 0.717) is 11.3 Å². The predicted octanol–water partition coefficient (Wildman–Crippen LogP) is 2.55. The lowest BCUT2D eigenvalue weighted by Crippen LogP contribution is -2.23. The van der Waals surface area contributed by atoms with Crippen LogP contribution in [-0.4, -0.2) is 9.97 Å². The smallest absolute Gasteiger partial charge is 0.115 e. The molecule has 2 atom stereocenters. The molecule has 0 radical (unpaired) electrons. The highest BCUT2D eigenvalue weighted by molar-refractivity contribution is 5.08. The quantitative estimate of drug-likeness (QED) is 0.828. The van der Waals surface area contributed by atoms with Crippen LogP contribution in [0.4, 0.5) is 0 Å². The van der Waals surface area contributed by atoms with Crippen LogP contribution in [0.15, 0.2) is 18.7 Å². The van der Waals surface area contributed by atoms with Crippen molar-refractivity contribution in [2.45, 2.75) is 40.2 Å². The molecule has 0 saturated carbocycles. The Morgan fingerprint density at radius 3 is 2.27 bits per heavy atom. The summed E-state index contributed by atoms with van der Waals surface area (Å²) in [5, 5.41) is 0. The number of hydrogen-bond acceptors (Lipinski definition) is 3. The van der Waals surface area contributed by atoms with Crippen LogP contribution in [-0.2, 0) is 0 Å². The molecule has 0 amide bonds. The maximum Gasteiger partial charge on any atom is 0.115 e. The summed E-state index contributed by atoms with van der Waals surface area (Å²) in [7, 11) is 0. The second kappa shape index (κ2) is 4.71. The average molecular weight is 207 g/mol. The summed E-state index contributed by atoms with van der Waals surface area (Å²) in [6.07, 6.45) is 6.10. The van der Waals surface area contributed by atoms with E-state index in [4.69, 9.17) is 5.73 Å². The maximum atomic E-state index is 6.11. The third kappa shape index (κ3) is 3.59. The van der Waals surface area contributed by atoms with E-state index < -0.39 is 0 Å². The molecule has 0 aliphatic heterocycles. The molecule has 0 aromatic carbocycles. The Morgan fingerprint density at radius 1 is 1.27 bits per heavy atom. The van der Waals surface area contributed by atoms with Gasteiger partial charge in [0.15, 0.2) is 0 Å². The summed E-state index contributed by atoms with van der Waals surface area (Å²) in [4.78, 5) is 7.97. The molecule has 1 rings (SSSR count). The molecule has 0 aliphatic carbocycles. The van der Waals surface area contributed by atoms with Crippen molar-refractivity contribution >= 4 is 0 Å². The minimum absolute atomic E-state index is 0.0421. The first kappa shape index (κ1) is 12.1. The Balaban J connectivity index is 2.61. The highest BCUT2D eigenvalue weighted by Crippen LogP contribution is 2.31. The summed E-state index contributed by atoms with van der Waals surface area (Å²) in [5.74, 6) is 0.577. The van der Waals surface area contributed by atoms with Gasteiger partial charge in [-0.3, -0.25) is 0 Å². The van der Waals surface area contributed by atoms with Crippen molar-refractivity contribution in [3.63, 3.8) is 0 Å². The van der Waals surface area contributed by atoms with Crippen LogP contribution in [0.3, 0.4) is 0 Å². The van der Waals surface area contributed by atoms with Gasteiger partial charge in [0.2, 0.25) is 0 Å². The lowest BCUT2D eigenvalue weighted by atomic mass is 9.78. The van der Waals surface area contributed by atoms with Crippen LogP contribution in [0, 0.1) is 11.3 Å². The van der Waals surface area contributed by atoms with Crippen molar-refractivity contribution in [3.8, 4) is 0 Å². The number of rotatable bonds is 3. The topological polar surface area (TPSA) is 51.8 Å². The van der Waals surface area contributed by atoms with E-state index in [1.807, 2.05) is 0 Å². The summed E-state index contributed by atoms with van der Waals surface area (Å²) < 4.78 is 0. The molecule has 3 nitrogen and oxygen atoms in total. The highest BCUT2D eigenvalue weighted by atomic mass is 14.8. The monoisotopic (exact) mass is 207 g/mol. The lowest BCUT2D eigenvalue weighted by molar-refractivity contribution is 0.233. The molecule has 1 aromatic rings. The molecule has 0 saturated heterocycles. The van der Waals surface area contributed by atoms with Gasteiger partial charge in [0.05, 0.1) is 0 Å². The second-order valence-electron chi connectivity index (χ2n) is 5.28. The highest BCUT2D eigenvalue weighted by Gasteiger charge is 2.22. The molecule has 2 N–H and O–H groups in total. The van der Waals surface area contributed by atoms with Gasteiger partial charge in [-0.25, -0.2) is 9.97 Å². The van der Waals surface area contributed by atoms with Crippen LogP contribution < -0.4 is 5.73 Å². The Bertz CT molecular complexity index is 289. The number of hydrogen-bond donors (Lipinski definition) is 1. The van der Waals surface area contributed by atoms with Gasteiger partial charge in [-0.15, -0.1) is 0 Å². The normalized spacial score (nSPS) is 16.1. The molecular formula is C12H21N3. The maximum absolute atomic E-state index is 6.11. The Labute approximate surface area is 92.1 Å². The first-order chi connectivity index (χ1) is 6.91. The van der Waals surface area contributed by atoms with Crippen molar-refractivity contribution in [3.05, 3.63) is 24.3 Å². The zero-order chi connectivity index (χ0) is 11.5. The lowest BCUT2D eigenvalue weighted by Gasteiger charge is -2.29. The minimum atomic E-state index is 0.0421. The van der Waals surface area contributed by atoms with E-state index in [1.54, 1.807) is 12.4 Å². The Hall–Kier alpha value is -0.960. The van der Waals surface area contributed by atoms with Gasteiger partial charge in [0.1, 0.15) is 6.33 Å². The molecule has 3 heteroatoms. The van der Waals surface area contributed by atoms with Gasteiger partial charge in [-0.05, 0) is 17.8 Å². The first-order valence-corrected chi connectivity index (χ1v) is 5.41. The molecule has 0 aliphatic rings. The number of nitrogens with zero attached hydrogens (tertiary/aromatic N) is 2. The van der Waals surface area contributed by atoms with Gasteiger partial charge >= 0.3 is 0 Å². The van der Waals surface area contributed by atoms with Crippen LogP contribution in [0.25, 0.3) is 0 Å². The van der Waals surface area contributed by atoms with Gasteiger partial charge < -0.3 is 5.73 Å². The van der Waals surface area contributed by atoms with Crippen LogP contribution in [0.5, 0.6) is 0 Å². The Kier molecular flexibility index (Phi) is 3.80. The van der Waals surface area contributed by atoms with Crippen molar-refractivity contribution in [2.24, 2.45) is 17.1 Å². The third-order valence-corrected chi connectivity index (χ3v) is 3.09. The number of aromatic nitrogens is 2. The minimum Gasteiger partial charge on any atom is -0.324 e. The first-order valence-electron chi connectivity index (χ1n) is 5.41. The van der Waals surface area contributed by atoms with Gasteiger partial charge in [0, 0.05) is 24.0 Å². The van der Waals surface area contributed by atoms with E-state index in [1.165, 1.54) is 6.33 Å². The Morgan fingerprint density at radius 2 is 1.80 bits per heavy atom. The second-order valence-corrected chi connectivity index (χ2v) is 5.28. The summed E-state index contributed by atoms with van der Waals surface area (Å²) in [5.41, 5.74) is 7.43. The summed E-state index contributed by atoms with van der Waals surface area (Å²) in [6, 6.07) is 0.0421. The molecule has 2 unspecified atom stereocenters. The molecule has 0 fully saturated rings. The standard InChI is InChI=1S/C12H21N3/c1-9(12(2,3)4)5-11(13)10-6-14-8-15-7-10/h6-9,11H,5,13H2,1-4H3. The van der Waals surface area contributed by atoms with Crippen molar-refractivity contribution in [2.75, 3.05) is 0 Å².